The lowest BCUT2D eigenvalue weighted by Gasteiger charge is -2.09. The summed E-state index contributed by atoms with van der Waals surface area (Å²) in [6.07, 6.45) is -3.51. The van der Waals surface area contributed by atoms with Gasteiger partial charge in [0.1, 0.15) is 6.07 Å². The van der Waals surface area contributed by atoms with Crippen LogP contribution in [0.3, 0.4) is 0 Å². The topological polar surface area (TPSA) is 45.9 Å². The van der Waals surface area contributed by atoms with Gasteiger partial charge in [0.2, 0.25) is 0 Å². The maximum absolute atomic E-state index is 11.8. The highest BCUT2D eigenvalue weighted by Gasteiger charge is 2.32. The highest BCUT2D eigenvalue weighted by atomic mass is 19.4. The summed E-state index contributed by atoms with van der Waals surface area (Å²) < 4.78 is 39.1. The molecule has 0 N–H and O–H groups in total. The van der Waals surface area contributed by atoms with Gasteiger partial charge in [-0.25, -0.2) is 4.98 Å². The Morgan fingerprint density at radius 2 is 1.94 bits per heavy atom. The lowest BCUT2D eigenvalue weighted by atomic mass is 10.2. The van der Waals surface area contributed by atoms with Crippen LogP contribution in [0, 0.1) is 18.3 Å². The van der Waals surface area contributed by atoms with Crippen molar-refractivity contribution in [2.24, 2.45) is 0 Å². The number of aromatic nitrogens is 1. The maximum Gasteiger partial charge on any atom is 0.573 e. The molecule has 1 aromatic heterocycles. The molecule has 0 fully saturated rings. The predicted molar refractivity (Wildman–Crippen MR) is 51.7 cm³/mol. The Hall–Kier alpha value is -1.77. The molecule has 1 heterocycles. The number of ether oxygens (including phenoxy) is 1. The van der Waals surface area contributed by atoms with Crippen LogP contribution in [0.5, 0.6) is 5.75 Å². The van der Waals surface area contributed by atoms with E-state index in [-0.39, 0.29) is 5.69 Å². The van der Waals surface area contributed by atoms with Crippen LogP contribution < -0.4 is 4.74 Å². The summed E-state index contributed by atoms with van der Waals surface area (Å²) in [5, 5.41) is 8.45. The second-order valence-corrected chi connectivity index (χ2v) is 2.52. The van der Waals surface area contributed by atoms with E-state index >= 15 is 0 Å². The van der Waals surface area contributed by atoms with Crippen LogP contribution in [-0.4, -0.2) is 11.3 Å². The van der Waals surface area contributed by atoms with Gasteiger partial charge in [-0.3, -0.25) is 0 Å². The molecule has 0 saturated heterocycles. The summed E-state index contributed by atoms with van der Waals surface area (Å²) in [6.45, 7) is 5.55. The zero-order valence-corrected chi connectivity index (χ0v) is 9.09. The number of halogens is 3. The summed E-state index contributed by atoms with van der Waals surface area (Å²) in [6, 6.07) is 2.62. The Bertz CT molecular complexity index is 383. The van der Waals surface area contributed by atoms with Gasteiger partial charge in [0.15, 0.2) is 11.4 Å². The van der Waals surface area contributed by atoms with Crippen molar-refractivity contribution in [2.45, 2.75) is 27.1 Å². The van der Waals surface area contributed by atoms with Crippen LogP contribution in [0.1, 0.15) is 25.1 Å². The summed E-state index contributed by atoms with van der Waals surface area (Å²) in [5.74, 6) is -0.569. The average Bonchev–Trinajstić information content (AvgIpc) is 2.19. The average molecular weight is 232 g/mol. The molecule has 0 aliphatic carbocycles. The molecule has 0 spiro atoms. The number of hydrogen-bond donors (Lipinski definition) is 0. The van der Waals surface area contributed by atoms with E-state index in [1.807, 2.05) is 13.8 Å². The summed E-state index contributed by atoms with van der Waals surface area (Å²) in [4.78, 5) is 3.49. The fourth-order valence-corrected chi connectivity index (χ4v) is 0.829. The number of rotatable bonds is 1. The lowest BCUT2D eigenvalue weighted by molar-refractivity contribution is -0.274. The molecule has 0 amide bonds. The Morgan fingerprint density at radius 1 is 1.38 bits per heavy atom. The SMILES string of the molecule is CC.Cc1cnc(C#N)c(OC(F)(F)F)c1. The van der Waals surface area contributed by atoms with Gasteiger partial charge in [-0.05, 0) is 18.6 Å². The molecule has 0 aromatic carbocycles. The molecule has 1 rings (SSSR count). The summed E-state index contributed by atoms with van der Waals surface area (Å²) in [7, 11) is 0. The van der Waals surface area contributed by atoms with Gasteiger partial charge in [0.25, 0.3) is 0 Å². The number of hydrogen-bond acceptors (Lipinski definition) is 3. The first-order valence-electron chi connectivity index (χ1n) is 4.55. The minimum absolute atomic E-state index is 0.382. The third-order valence-electron chi connectivity index (χ3n) is 1.32. The largest absolute Gasteiger partial charge is 0.573 e. The molecular formula is C10H11F3N2O. The van der Waals surface area contributed by atoms with E-state index in [0.717, 1.165) is 6.07 Å². The van der Waals surface area contributed by atoms with Crippen molar-refractivity contribution in [1.82, 2.24) is 4.98 Å². The van der Waals surface area contributed by atoms with Gasteiger partial charge < -0.3 is 4.74 Å². The van der Waals surface area contributed by atoms with Crippen LogP contribution >= 0.6 is 0 Å². The van der Waals surface area contributed by atoms with Crippen LogP contribution in [0.2, 0.25) is 0 Å². The number of nitrogens with zero attached hydrogens (tertiary/aromatic N) is 2. The van der Waals surface area contributed by atoms with E-state index in [1.165, 1.54) is 12.3 Å². The number of nitriles is 1. The first kappa shape index (κ1) is 14.2. The minimum Gasteiger partial charge on any atom is -0.403 e. The van der Waals surface area contributed by atoms with Crippen LogP contribution in [-0.2, 0) is 0 Å². The Kier molecular flexibility index (Phi) is 5.30. The molecule has 3 nitrogen and oxygen atoms in total. The van der Waals surface area contributed by atoms with Gasteiger partial charge in [-0.15, -0.1) is 13.2 Å². The zero-order valence-electron chi connectivity index (χ0n) is 9.09. The minimum atomic E-state index is -4.80. The van der Waals surface area contributed by atoms with Crippen LogP contribution in [0.4, 0.5) is 13.2 Å². The molecule has 88 valence electrons. The lowest BCUT2D eigenvalue weighted by Crippen LogP contribution is -2.18. The van der Waals surface area contributed by atoms with Crippen LogP contribution in [0.25, 0.3) is 0 Å². The van der Waals surface area contributed by atoms with Crippen molar-refractivity contribution in [1.29, 1.82) is 5.26 Å². The molecule has 16 heavy (non-hydrogen) atoms. The van der Waals surface area contributed by atoms with E-state index in [2.05, 4.69) is 9.72 Å². The van der Waals surface area contributed by atoms with E-state index in [9.17, 15) is 13.2 Å². The molecule has 6 heteroatoms. The Labute approximate surface area is 91.5 Å². The van der Waals surface area contributed by atoms with Crippen molar-refractivity contribution in [3.63, 3.8) is 0 Å². The van der Waals surface area contributed by atoms with Crippen molar-refractivity contribution >= 4 is 0 Å². The molecule has 1 aromatic rings. The van der Waals surface area contributed by atoms with Crippen LogP contribution in [0.15, 0.2) is 12.3 Å². The Morgan fingerprint density at radius 3 is 2.38 bits per heavy atom. The second kappa shape index (κ2) is 5.95. The van der Waals surface area contributed by atoms with E-state index in [0.29, 0.717) is 5.56 Å². The monoisotopic (exact) mass is 232 g/mol. The number of pyridine rings is 1. The molecular weight excluding hydrogens is 221 g/mol. The normalized spacial score (nSPS) is 9.81. The quantitative estimate of drug-likeness (QED) is 0.746. The molecule has 0 bridgehead atoms. The molecule has 0 aliphatic heterocycles. The third kappa shape index (κ3) is 4.64. The predicted octanol–water partition coefficient (Wildman–Crippen LogP) is 3.19. The fourth-order valence-electron chi connectivity index (χ4n) is 0.829. The molecule has 0 unspecified atom stereocenters. The number of alkyl halides is 3. The molecule has 0 aliphatic rings. The standard InChI is InChI=1S/C8H5F3N2O.C2H6/c1-5-2-7(14-8(9,10)11)6(3-12)13-4-5;1-2/h2,4H,1H3;1-2H3. The molecule has 0 atom stereocenters. The number of aryl methyl sites for hydroxylation is 1. The summed E-state index contributed by atoms with van der Waals surface area (Å²) in [5.41, 5.74) is 0.108. The highest BCUT2D eigenvalue weighted by Crippen LogP contribution is 2.25. The Balaban J connectivity index is 0.00000106. The maximum atomic E-state index is 11.8. The summed E-state index contributed by atoms with van der Waals surface area (Å²) >= 11 is 0. The molecule has 0 saturated carbocycles. The van der Waals surface area contributed by atoms with Crippen molar-refractivity contribution in [3.05, 3.63) is 23.5 Å². The van der Waals surface area contributed by atoms with Gasteiger partial charge in [0.05, 0.1) is 0 Å². The first-order chi connectivity index (χ1) is 7.42. The van der Waals surface area contributed by atoms with Crippen molar-refractivity contribution < 1.29 is 17.9 Å². The molecule has 0 radical (unpaired) electrons. The first-order valence-corrected chi connectivity index (χ1v) is 4.55. The van der Waals surface area contributed by atoms with Gasteiger partial charge in [-0.2, -0.15) is 5.26 Å². The smallest absolute Gasteiger partial charge is 0.403 e. The van der Waals surface area contributed by atoms with Gasteiger partial charge >= 0.3 is 6.36 Å². The van der Waals surface area contributed by atoms with Crippen molar-refractivity contribution in [2.75, 3.05) is 0 Å². The van der Waals surface area contributed by atoms with Gasteiger partial charge in [0, 0.05) is 6.20 Å². The second-order valence-electron chi connectivity index (χ2n) is 2.52. The highest BCUT2D eigenvalue weighted by molar-refractivity contribution is 5.39. The van der Waals surface area contributed by atoms with Crippen molar-refractivity contribution in [3.8, 4) is 11.8 Å². The van der Waals surface area contributed by atoms with E-state index < -0.39 is 12.1 Å². The van der Waals surface area contributed by atoms with Gasteiger partial charge in [-0.1, -0.05) is 13.8 Å². The van der Waals surface area contributed by atoms with E-state index in [1.54, 1.807) is 6.92 Å². The third-order valence-corrected chi connectivity index (χ3v) is 1.32. The fraction of sp³-hybridized carbons (Fsp3) is 0.400. The zero-order chi connectivity index (χ0) is 12.8. The van der Waals surface area contributed by atoms with E-state index in [4.69, 9.17) is 5.26 Å².